The molecule has 5 nitrogen and oxygen atoms in total. The van der Waals surface area contributed by atoms with Crippen molar-refractivity contribution in [1.29, 1.82) is 0 Å². The summed E-state index contributed by atoms with van der Waals surface area (Å²) < 4.78 is 38.9. The van der Waals surface area contributed by atoms with Gasteiger partial charge in [-0.05, 0) is 44.2 Å². The predicted molar refractivity (Wildman–Crippen MR) is 109 cm³/mol. The van der Waals surface area contributed by atoms with Crippen molar-refractivity contribution in [3.05, 3.63) is 59.7 Å². The Hall–Kier alpha value is -2.87. The number of piperazine rings is 1. The lowest BCUT2D eigenvalue weighted by atomic mass is 10.1. The fourth-order valence-electron chi connectivity index (χ4n) is 3.69. The van der Waals surface area contributed by atoms with Crippen molar-refractivity contribution < 1.29 is 27.7 Å². The molecule has 1 amide bonds. The molecule has 1 aliphatic heterocycles. The van der Waals surface area contributed by atoms with Crippen LogP contribution < -0.4 is 15.1 Å². The minimum absolute atomic E-state index is 0.124. The third-order valence-electron chi connectivity index (χ3n) is 5.51. The van der Waals surface area contributed by atoms with Crippen LogP contribution in [-0.2, 0) is 11.0 Å². The Morgan fingerprint density at radius 3 is 2.37 bits per heavy atom. The molecule has 2 N–H and O–H groups in total. The Bertz CT molecular complexity index is 922. The van der Waals surface area contributed by atoms with Gasteiger partial charge in [-0.3, -0.25) is 9.59 Å². The number of rotatable bonds is 5. The van der Waals surface area contributed by atoms with Crippen LogP contribution in [0.15, 0.2) is 48.5 Å². The molecule has 0 saturated carbocycles. The second-order valence-corrected chi connectivity index (χ2v) is 7.51. The molecule has 160 valence electrons. The zero-order valence-electron chi connectivity index (χ0n) is 16.9. The van der Waals surface area contributed by atoms with Crippen molar-refractivity contribution >= 4 is 23.1 Å². The van der Waals surface area contributed by atoms with E-state index in [0.29, 0.717) is 43.1 Å². The maximum Gasteiger partial charge on any atom is 0.416 e. The summed E-state index contributed by atoms with van der Waals surface area (Å²) in [6.45, 7) is 5.63. The molecule has 1 saturated heterocycles. The fourth-order valence-corrected chi connectivity index (χ4v) is 3.69. The van der Waals surface area contributed by atoms with Crippen LogP contribution in [0.2, 0.25) is 0 Å². The summed E-state index contributed by atoms with van der Waals surface area (Å²) in [7, 11) is 0. The maximum atomic E-state index is 13.0. The smallest absolute Gasteiger partial charge is 0.360 e. The highest BCUT2D eigenvalue weighted by molar-refractivity contribution is 6.04. The van der Waals surface area contributed by atoms with Crippen molar-refractivity contribution in [3.8, 4) is 0 Å². The van der Waals surface area contributed by atoms with Gasteiger partial charge < -0.3 is 15.1 Å². The Morgan fingerprint density at radius 2 is 1.73 bits per heavy atom. The fraction of sp³-hybridized carbons (Fsp3) is 0.364. The van der Waals surface area contributed by atoms with Gasteiger partial charge in [0.25, 0.3) is 5.91 Å². The summed E-state index contributed by atoms with van der Waals surface area (Å²) in [5, 5.41) is 2.84. The SMILES string of the molecule is CC(=O)c1ccccc1NC(=O)[C@@H](C)[NH+]1CCN(c2cccc(C(F)(F)F)c2)CC1. The van der Waals surface area contributed by atoms with Crippen molar-refractivity contribution in [1.82, 2.24) is 0 Å². The number of benzene rings is 2. The number of halogens is 3. The van der Waals surface area contributed by atoms with Crippen LogP contribution in [0.5, 0.6) is 0 Å². The molecule has 0 bridgehead atoms. The molecule has 2 aromatic carbocycles. The van der Waals surface area contributed by atoms with E-state index in [1.165, 1.54) is 19.1 Å². The van der Waals surface area contributed by atoms with Gasteiger partial charge in [0, 0.05) is 11.3 Å². The minimum Gasteiger partial charge on any atom is -0.360 e. The summed E-state index contributed by atoms with van der Waals surface area (Å²) in [4.78, 5) is 27.4. The Kier molecular flexibility index (Phi) is 6.45. The molecule has 0 radical (unpaired) electrons. The topological polar surface area (TPSA) is 53.9 Å². The lowest BCUT2D eigenvalue weighted by Crippen LogP contribution is -3.19. The van der Waals surface area contributed by atoms with E-state index in [1.807, 2.05) is 11.8 Å². The van der Waals surface area contributed by atoms with Crippen LogP contribution in [-0.4, -0.2) is 43.9 Å². The van der Waals surface area contributed by atoms with E-state index < -0.39 is 11.7 Å². The standard InChI is InChI=1S/C22H24F3N3O2/c1-15(21(30)26-20-9-4-3-8-19(20)16(2)29)27-10-12-28(13-11-27)18-7-5-6-17(14-18)22(23,24)25/h3-9,14-15H,10-13H2,1-2H3,(H,26,30)/p+1/t15-/m1/s1. The van der Waals surface area contributed by atoms with Crippen LogP contribution in [0.3, 0.4) is 0 Å². The van der Waals surface area contributed by atoms with Gasteiger partial charge in [-0.1, -0.05) is 18.2 Å². The van der Waals surface area contributed by atoms with Gasteiger partial charge in [-0.2, -0.15) is 13.2 Å². The zero-order valence-corrected chi connectivity index (χ0v) is 16.9. The number of ketones is 1. The highest BCUT2D eigenvalue weighted by Crippen LogP contribution is 2.31. The van der Waals surface area contributed by atoms with Crippen molar-refractivity contribution in [3.63, 3.8) is 0 Å². The first-order chi connectivity index (χ1) is 14.2. The van der Waals surface area contributed by atoms with E-state index in [-0.39, 0.29) is 17.7 Å². The van der Waals surface area contributed by atoms with Crippen LogP contribution in [0, 0.1) is 0 Å². The van der Waals surface area contributed by atoms with Crippen LogP contribution in [0.4, 0.5) is 24.5 Å². The number of nitrogens with one attached hydrogen (secondary N) is 2. The molecule has 3 rings (SSSR count). The number of hydrogen-bond acceptors (Lipinski definition) is 3. The van der Waals surface area contributed by atoms with Crippen LogP contribution >= 0.6 is 0 Å². The summed E-state index contributed by atoms with van der Waals surface area (Å²) >= 11 is 0. The molecule has 0 spiro atoms. The first kappa shape index (κ1) is 21.8. The Balaban J connectivity index is 1.61. The lowest BCUT2D eigenvalue weighted by Gasteiger charge is -2.36. The highest BCUT2D eigenvalue weighted by atomic mass is 19.4. The van der Waals surface area contributed by atoms with E-state index in [1.54, 1.807) is 30.3 Å². The molecule has 1 atom stereocenters. The number of amides is 1. The van der Waals surface area contributed by atoms with Gasteiger partial charge in [-0.15, -0.1) is 0 Å². The lowest BCUT2D eigenvalue weighted by molar-refractivity contribution is -0.914. The number of alkyl halides is 3. The molecule has 0 aromatic heterocycles. The normalized spacial score (nSPS) is 16.2. The summed E-state index contributed by atoms with van der Waals surface area (Å²) in [5.41, 5.74) is 0.828. The average Bonchev–Trinajstić information content (AvgIpc) is 2.73. The van der Waals surface area contributed by atoms with E-state index in [0.717, 1.165) is 11.0 Å². The summed E-state index contributed by atoms with van der Waals surface area (Å²) in [5.74, 6) is -0.313. The molecule has 8 heteroatoms. The number of para-hydroxylation sites is 1. The minimum atomic E-state index is -4.37. The monoisotopic (exact) mass is 420 g/mol. The van der Waals surface area contributed by atoms with E-state index in [2.05, 4.69) is 5.32 Å². The van der Waals surface area contributed by atoms with Gasteiger partial charge >= 0.3 is 6.18 Å². The first-order valence-electron chi connectivity index (χ1n) is 9.84. The number of carbonyl (C=O) groups excluding carboxylic acids is 2. The van der Waals surface area contributed by atoms with Crippen molar-refractivity contribution in [2.45, 2.75) is 26.1 Å². The molecule has 1 aliphatic rings. The van der Waals surface area contributed by atoms with Gasteiger partial charge in [0.15, 0.2) is 11.8 Å². The van der Waals surface area contributed by atoms with Crippen LogP contribution in [0.1, 0.15) is 29.8 Å². The summed E-state index contributed by atoms with van der Waals surface area (Å²) in [6, 6.07) is 11.8. The quantitative estimate of drug-likeness (QED) is 0.732. The number of nitrogens with zero attached hydrogens (tertiary/aromatic N) is 1. The first-order valence-corrected chi connectivity index (χ1v) is 9.84. The molecule has 2 aromatic rings. The van der Waals surface area contributed by atoms with E-state index >= 15 is 0 Å². The second-order valence-electron chi connectivity index (χ2n) is 7.51. The van der Waals surface area contributed by atoms with Gasteiger partial charge in [0.05, 0.1) is 37.4 Å². The molecule has 1 fully saturated rings. The second kappa shape index (κ2) is 8.87. The molecule has 1 heterocycles. The maximum absolute atomic E-state index is 13.0. The van der Waals surface area contributed by atoms with Crippen molar-refractivity contribution in [2.75, 3.05) is 36.4 Å². The molecule has 0 aliphatic carbocycles. The van der Waals surface area contributed by atoms with Gasteiger partial charge in [0.2, 0.25) is 0 Å². The third-order valence-corrected chi connectivity index (χ3v) is 5.51. The van der Waals surface area contributed by atoms with Crippen molar-refractivity contribution in [2.24, 2.45) is 0 Å². The average molecular weight is 420 g/mol. The Labute approximate surface area is 173 Å². The third kappa shape index (κ3) is 4.99. The number of carbonyl (C=O) groups is 2. The van der Waals surface area contributed by atoms with Gasteiger partial charge in [-0.25, -0.2) is 0 Å². The van der Waals surface area contributed by atoms with Crippen LogP contribution in [0.25, 0.3) is 0 Å². The predicted octanol–water partition coefficient (Wildman–Crippen LogP) is 2.64. The highest BCUT2D eigenvalue weighted by Gasteiger charge is 2.33. The molecular weight excluding hydrogens is 395 g/mol. The number of quaternary nitrogens is 1. The number of Topliss-reactive ketones (excluding diaryl/α,β-unsaturated/α-hetero) is 1. The largest absolute Gasteiger partial charge is 0.416 e. The molecule has 30 heavy (non-hydrogen) atoms. The zero-order chi connectivity index (χ0) is 21.9. The van der Waals surface area contributed by atoms with E-state index in [9.17, 15) is 22.8 Å². The number of anilines is 2. The Morgan fingerprint density at radius 1 is 1.07 bits per heavy atom. The molecule has 0 unspecified atom stereocenters. The number of hydrogen-bond donors (Lipinski definition) is 2. The van der Waals surface area contributed by atoms with E-state index in [4.69, 9.17) is 0 Å². The summed E-state index contributed by atoms with van der Waals surface area (Å²) in [6.07, 6.45) is -4.37. The van der Waals surface area contributed by atoms with Gasteiger partial charge in [0.1, 0.15) is 0 Å². The molecular formula is C22H25F3N3O2+.